The molecular formula is C18H18N2OS. The third-order valence-corrected chi connectivity index (χ3v) is 4.49. The van der Waals surface area contributed by atoms with Crippen LogP contribution in [0.25, 0.3) is 11.3 Å². The van der Waals surface area contributed by atoms with E-state index in [4.69, 9.17) is 15.5 Å². The number of nitrogens with zero attached hydrogens (tertiary/aromatic N) is 1. The summed E-state index contributed by atoms with van der Waals surface area (Å²) in [6, 6.07) is 14.2. The molecule has 0 fully saturated rings. The van der Waals surface area contributed by atoms with Crippen molar-refractivity contribution >= 4 is 17.0 Å². The van der Waals surface area contributed by atoms with Crippen molar-refractivity contribution in [1.29, 1.82) is 0 Å². The fourth-order valence-corrected chi connectivity index (χ4v) is 3.08. The monoisotopic (exact) mass is 310 g/mol. The summed E-state index contributed by atoms with van der Waals surface area (Å²) in [6.45, 7) is 2.01. The van der Waals surface area contributed by atoms with E-state index in [0.29, 0.717) is 0 Å². The molecule has 0 unspecified atom stereocenters. The van der Waals surface area contributed by atoms with E-state index in [1.54, 1.807) is 18.4 Å². The Hall–Kier alpha value is -2.33. The quantitative estimate of drug-likeness (QED) is 0.731. The van der Waals surface area contributed by atoms with Crippen LogP contribution in [-0.4, -0.2) is 12.1 Å². The van der Waals surface area contributed by atoms with Crippen LogP contribution in [0, 0.1) is 6.92 Å². The van der Waals surface area contributed by atoms with Crippen molar-refractivity contribution in [2.75, 3.05) is 12.8 Å². The molecule has 4 heteroatoms. The van der Waals surface area contributed by atoms with E-state index in [-0.39, 0.29) is 0 Å². The van der Waals surface area contributed by atoms with E-state index >= 15 is 0 Å². The zero-order valence-electron chi connectivity index (χ0n) is 12.7. The molecule has 0 amide bonds. The summed E-state index contributed by atoms with van der Waals surface area (Å²) in [5.41, 5.74) is 11.2. The largest absolute Gasteiger partial charge is 0.497 e. The minimum atomic E-state index is 0.808. The number of methoxy groups -OCH3 is 1. The van der Waals surface area contributed by atoms with Gasteiger partial charge in [0, 0.05) is 23.1 Å². The second-order valence-electron chi connectivity index (χ2n) is 5.22. The molecule has 1 aromatic heterocycles. The molecule has 0 aliphatic rings. The van der Waals surface area contributed by atoms with Crippen LogP contribution in [0.15, 0.2) is 47.8 Å². The molecule has 3 nitrogen and oxygen atoms in total. The Kier molecular flexibility index (Phi) is 4.11. The van der Waals surface area contributed by atoms with Crippen LogP contribution in [0.1, 0.15) is 16.1 Å². The molecule has 22 heavy (non-hydrogen) atoms. The van der Waals surface area contributed by atoms with Crippen LogP contribution < -0.4 is 10.5 Å². The highest BCUT2D eigenvalue weighted by molar-refractivity contribution is 7.10. The van der Waals surface area contributed by atoms with Crippen LogP contribution in [0.4, 0.5) is 5.69 Å². The van der Waals surface area contributed by atoms with Crippen LogP contribution in [0.3, 0.4) is 0 Å². The molecule has 0 spiro atoms. The predicted octanol–water partition coefficient (Wildman–Crippen LogP) is 4.30. The molecule has 0 aliphatic heterocycles. The normalized spacial score (nSPS) is 10.6. The van der Waals surface area contributed by atoms with E-state index in [1.165, 1.54) is 5.56 Å². The van der Waals surface area contributed by atoms with Crippen molar-refractivity contribution in [2.45, 2.75) is 13.3 Å². The van der Waals surface area contributed by atoms with E-state index in [2.05, 4.69) is 23.6 Å². The first-order valence-electron chi connectivity index (χ1n) is 7.09. The molecule has 3 rings (SSSR count). The van der Waals surface area contributed by atoms with Gasteiger partial charge in [0.15, 0.2) is 0 Å². The molecule has 2 N–H and O–H groups in total. The number of ether oxygens (including phenoxy) is 1. The molecule has 0 saturated heterocycles. The first-order chi connectivity index (χ1) is 10.7. The fraction of sp³-hybridized carbons (Fsp3) is 0.167. The van der Waals surface area contributed by atoms with Gasteiger partial charge in [-0.15, -0.1) is 11.3 Å². The second-order valence-corrected chi connectivity index (χ2v) is 6.17. The lowest BCUT2D eigenvalue weighted by Gasteiger charge is -2.03. The smallest absolute Gasteiger partial charge is 0.118 e. The highest BCUT2D eigenvalue weighted by Crippen LogP contribution is 2.26. The number of hydrogen-bond donors (Lipinski definition) is 1. The summed E-state index contributed by atoms with van der Waals surface area (Å²) in [6.07, 6.45) is 0.829. The third-order valence-electron chi connectivity index (χ3n) is 3.64. The number of benzene rings is 2. The van der Waals surface area contributed by atoms with Gasteiger partial charge in [0.25, 0.3) is 0 Å². The van der Waals surface area contributed by atoms with E-state index in [1.807, 2.05) is 31.2 Å². The number of thiazole rings is 1. The van der Waals surface area contributed by atoms with Crippen molar-refractivity contribution in [3.05, 3.63) is 64.0 Å². The summed E-state index contributed by atoms with van der Waals surface area (Å²) in [4.78, 5) is 4.72. The fourth-order valence-electron chi connectivity index (χ4n) is 2.24. The van der Waals surface area contributed by atoms with Crippen LogP contribution >= 0.6 is 11.3 Å². The van der Waals surface area contributed by atoms with E-state index in [0.717, 1.165) is 39.7 Å². The molecule has 0 atom stereocenters. The third kappa shape index (κ3) is 3.12. The molecule has 0 bridgehead atoms. The van der Waals surface area contributed by atoms with Crippen molar-refractivity contribution in [2.24, 2.45) is 0 Å². The topological polar surface area (TPSA) is 48.1 Å². The Morgan fingerprint density at radius 2 is 1.91 bits per heavy atom. The maximum Gasteiger partial charge on any atom is 0.118 e. The Labute approximate surface area is 134 Å². The molecule has 0 aliphatic carbocycles. The first kappa shape index (κ1) is 14.6. The van der Waals surface area contributed by atoms with Gasteiger partial charge in [0.2, 0.25) is 0 Å². The number of aryl methyl sites for hydroxylation is 1. The van der Waals surface area contributed by atoms with Gasteiger partial charge in [0.05, 0.1) is 17.8 Å². The number of rotatable bonds is 4. The SMILES string of the molecule is COc1ccc(Cc2nc(-c3ccc(C)c(N)c3)cs2)cc1. The summed E-state index contributed by atoms with van der Waals surface area (Å²) in [5.74, 6) is 0.874. The summed E-state index contributed by atoms with van der Waals surface area (Å²) < 4.78 is 5.18. The lowest BCUT2D eigenvalue weighted by Crippen LogP contribution is -1.91. The van der Waals surface area contributed by atoms with Crippen molar-refractivity contribution in [1.82, 2.24) is 4.98 Å². The summed E-state index contributed by atoms with van der Waals surface area (Å²) >= 11 is 1.68. The Bertz CT molecular complexity index is 778. The lowest BCUT2D eigenvalue weighted by atomic mass is 10.1. The predicted molar refractivity (Wildman–Crippen MR) is 92.5 cm³/mol. The number of nitrogen functional groups attached to an aromatic ring is 1. The lowest BCUT2D eigenvalue weighted by molar-refractivity contribution is 0.414. The molecule has 112 valence electrons. The Balaban J connectivity index is 1.79. The molecule has 0 radical (unpaired) electrons. The van der Waals surface area contributed by atoms with Crippen molar-refractivity contribution in [3.63, 3.8) is 0 Å². The van der Waals surface area contributed by atoms with E-state index in [9.17, 15) is 0 Å². The van der Waals surface area contributed by atoms with E-state index < -0.39 is 0 Å². The second kappa shape index (κ2) is 6.20. The van der Waals surface area contributed by atoms with Gasteiger partial charge in [0.1, 0.15) is 5.75 Å². The van der Waals surface area contributed by atoms with Gasteiger partial charge in [-0.25, -0.2) is 4.98 Å². The van der Waals surface area contributed by atoms with Gasteiger partial charge in [-0.3, -0.25) is 0 Å². The van der Waals surface area contributed by atoms with Gasteiger partial charge in [-0.2, -0.15) is 0 Å². The number of nitrogens with two attached hydrogens (primary N) is 1. The summed E-state index contributed by atoms with van der Waals surface area (Å²) in [5, 5.41) is 3.18. The first-order valence-corrected chi connectivity index (χ1v) is 7.97. The maximum absolute atomic E-state index is 5.98. The zero-order chi connectivity index (χ0) is 15.5. The van der Waals surface area contributed by atoms with Crippen LogP contribution in [0.2, 0.25) is 0 Å². The number of hydrogen-bond acceptors (Lipinski definition) is 4. The van der Waals surface area contributed by atoms with Gasteiger partial charge >= 0.3 is 0 Å². The number of anilines is 1. The van der Waals surface area contributed by atoms with Crippen molar-refractivity contribution < 1.29 is 4.74 Å². The van der Waals surface area contributed by atoms with Gasteiger partial charge in [-0.1, -0.05) is 24.3 Å². The zero-order valence-corrected chi connectivity index (χ0v) is 13.5. The minimum Gasteiger partial charge on any atom is -0.497 e. The van der Waals surface area contributed by atoms with Crippen molar-refractivity contribution in [3.8, 4) is 17.0 Å². The van der Waals surface area contributed by atoms with Gasteiger partial charge < -0.3 is 10.5 Å². The minimum absolute atomic E-state index is 0.808. The molecule has 2 aromatic carbocycles. The molecule has 0 saturated carbocycles. The molecular weight excluding hydrogens is 292 g/mol. The molecule has 1 heterocycles. The Morgan fingerprint density at radius 3 is 2.59 bits per heavy atom. The van der Waals surface area contributed by atoms with Gasteiger partial charge in [-0.05, 0) is 36.2 Å². The highest BCUT2D eigenvalue weighted by Gasteiger charge is 2.07. The summed E-state index contributed by atoms with van der Waals surface area (Å²) in [7, 11) is 1.68. The maximum atomic E-state index is 5.98. The van der Waals surface area contributed by atoms with Crippen LogP contribution in [-0.2, 0) is 6.42 Å². The molecule has 3 aromatic rings. The standard InChI is InChI=1S/C18H18N2OS/c1-12-3-6-14(10-16(12)19)17-11-22-18(20-17)9-13-4-7-15(21-2)8-5-13/h3-8,10-11H,9,19H2,1-2H3. The van der Waals surface area contributed by atoms with Crippen LogP contribution in [0.5, 0.6) is 5.75 Å². The highest BCUT2D eigenvalue weighted by atomic mass is 32.1. The Morgan fingerprint density at radius 1 is 1.14 bits per heavy atom. The number of aromatic nitrogens is 1. The average Bonchev–Trinajstić information content (AvgIpc) is 2.99. The average molecular weight is 310 g/mol.